The van der Waals surface area contributed by atoms with Crippen LogP contribution in [-0.4, -0.2) is 52.6 Å². The minimum atomic E-state index is -1.04. The first-order chi connectivity index (χ1) is 10.6. The third kappa shape index (κ3) is 7.18. The normalized spacial score (nSPS) is 24.0. The molecule has 0 radical (unpaired) electrons. The molecule has 0 aromatic rings. The molecule has 1 saturated heterocycles. The van der Waals surface area contributed by atoms with Crippen LogP contribution in [-0.2, 0) is 9.53 Å². The average molecular weight is 330 g/mol. The molecule has 1 fully saturated rings. The minimum absolute atomic E-state index is 0.0707. The Kier molecular flexibility index (Phi) is 7.28. The van der Waals surface area contributed by atoms with Crippen LogP contribution >= 0.6 is 0 Å². The second kappa shape index (κ2) is 8.49. The third-order valence-electron chi connectivity index (χ3n) is 3.92. The van der Waals surface area contributed by atoms with Crippen molar-refractivity contribution in [1.82, 2.24) is 10.6 Å². The summed E-state index contributed by atoms with van der Waals surface area (Å²) in [5.74, 6) is 0.365. The van der Waals surface area contributed by atoms with Gasteiger partial charge in [0.25, 0.3) is 0 Å². The number of ether oxygens (including phenoxy) is 1. The molecule has 1 aliphatic rings. The van der Waals surface area contributed by atoms with Crippen LogP contribution in [0.3, 0.4) is 0 Å². The standard InChI is InChI=1S/C16H30N2O5/c1-10-8-14(21)17-11(10)6-5-7-12(13(20)9-19)18-15(22)23-16(2,3)4/h10-13,19-20H,5-9H2,1-4H3,(H,17,21)(H,18,22). The first-order valence-electron chi connectivity index (χ1n) is 8.20. The van der Waals surface area contributed by atoms with Crippen molar-refractivity contribution in [2.24, 2.45) is 5.92 Å². The zero-order valence-electron chi connectivity index (χ0n) is 14.5. The Morgan fingerprint density at radius 2 is 2.13 bits per heavy atom. The monoisotopic (exact) mass is 330 g/mol. The number of rotatable bonds is 7. The average Bonchev–Trinajstić information content (AvgIpc) is 2.73. The molecular formula is C16H30N2O5. The molecule has 2 amide bonds. The van der Waals surface area contributed by atoms with Crippen LogP contribution in [0.2, 0.25) is 0 Å². The van der Waals surface area contributed by atoms with Crippen LogP contribution in [0.15, 0.2) is 0 Å². The van der Waals surface area contributed by atoms with Gasteiger partial charge < -0.3 is 25.6 Å². The van der Waals surface area contributed by atoms with E-state index in [4.69, 9.17) is 9.84 Å². The Labute approximate surface area is 137 Å². The van der Waals surface area contributed by atoms with Crippen molar-refractivity contribution >= 4 is 12.0 Å². The van der Waals surface area contributed by atoms with Gasteiger partial charge in [0.2, 0.25) is 5.91 Å². The van der Waals surface area contributed by atoms with E-state index < -0.39 is 30.4 Å². The molecule has 0 saturated carbocycles. The van der Waals surface area contributed by atoms with Gasteiger partial charge in [-0.25, -0.2) is 4.79 Å². The van der Waals surface area contributed by atoms with Crippen molar-refractivity contribution in [3.8, 4) is 0 Å². The fourth-order valence-electron chi connectivity index (χ4n) is 2.70. The van der Waals surface area contributed by atoms with E-state index in [1.807, 2.05) is 6.92 Å². The number of amides is 2. The summed E-state index contributed by atoms with van der Waals surface area (Å²) in [4.78, 5) is 23.2. The van der Waals surface area contributed by atoms with E-state index in [0.29, 0.717) is 25.2 Å². The number of nitrogens with one attached hydrogen (secondary N) is 2. The lowest BCUT2D eigenvalue weighted by atomic mass is 9.96. The topological polar surface area (TPSA) is 108 Å². The number of hydrogen-bond acceptors (Lipinski definition) is 5. The maximum atomic E-state index is 11.8. The molecule has 4 unspecified atom stereocenters. The predicted octanol–water partition coefficient (Wildman–Crippen LogP) is 0.928. The molecule has 4 N–H and O–H groups in total. The summed E-state index contributed by atoms with van der Waals surface area (Å²) >= 11 is 0. The molecule has 23 heavy (non-hydrogen) atoms. The zero-order valence-corrected chi connectivity index (χ0v) is 14.5. The van der Waals surface area contributed by atoms with Gasteiger partial charge in [-0.3, -0.25) is 4.79 Å². The molecule has 1 heterocycles. The van der Waals surface area contributed by atoms with Gasteiger partial charge >= 0.3 is 6.09 Å². The number of carbonyl (C=O) groups excluding carboxylic acids is 2. The van der Waals surface area contributed by atoms with Gasteiger partial charge in [0.15, 0.2) is 0 Å². The molecule has 0 bridgehead atoms. The van der Waals surface area contributed by atoms with E-state index in [9.17, 15) is 14.7 Å². The highest BCUT2D eigenvalue weighted by atomic mass is 16.6. The van der Waals surface area contributed by atoms with Crippen molar-refractivity contribution in [3.63, 3.8) is 0 Å². The molecule has 7 heteroatoms. The number of carbonyl (C=O) groups is 2. The van der Waals surface area contributed by atoms with Crippen LogP contribution in [0.1, 0.15) is 53.4 Å². The number of alkyl carbamates (subject to hydrolysis) is 1. The first-order valence-corrected chi connectivity index (χ1v) is 8.20. The summed E-state index contributed by atoms with van der Waals surface area (Å²) in [5.41, 5.74) is -0.623. The molecule has 1 aliphatic heterocycles. The first kappa shape index (κ1) is 19.7. The van der Waals surface area contributed by atoms with E-state index in [-0.39, 0.29) is 11.9 Å². The molecule has 0 aliphatic carbocycles. The van der Waals surface area contributed by atoms with E-state index in [0.717, 1.165) is 6.42 Å². The summed E-state index contributed by atoms with van der Waals surface area (Å²) < 4.78 is 5.17. The molecule has 7 nitrogen and oxygen atoms in total. The summed E-state index contributed by atoms with van der Waals surface area (Å²) in [5, 5.41) is 24.5. The highest BCUT2D eigenvalue weighted by Gasteiger charge is 2.29. The van der Waals surface area contributed by atoms with Gasteiger partial charge in [-0.2, -0.15) is 0 Å². The van der Waals surface area contributed by atoms with Crippen molar-refractivity contribution in [3.05, 3.63) is 0 Å². The van der Waals surface area contributed by atoms with Gasteiger partial charge in [0, 0.05) is 12.5 Å². The minimum Gasteiger partial charge on any atom is -0.444 e. The molecule has 0 spiro atoms. The second-order valence-electron chi connectivity index (χ2n) is 7.29. The van der Waals surface area contributed by atoms with Crippen molar-refractivity contribution in [2.45, 2.75) is 77.2 Å². The Hall–Kier alpha value is -1.34. The summed E-state index contributed by atoms with van der Waals surface area (Å²) in [6.45, 7) is 6.87. The van der Waals surface area contributed by atoms with E-state index in [2.05, 4.69) is 10.6 Å². The molecular weight excluding hydrogens is 300 g/mol. The van der Waals surface area contributed by atoms with Gasteiger partial charge in [-0.05, 0) is 46.0 Å². The fourth-order valence-corrected chi connectivity index (χ4v) is 2.70. The van der Waals surface area contributed by atoms with E-state index in [1.165, 1.54) is 0 Å². The third-order valence-corrected chi connectivity index (χ3v) is 3.92. The molecule has 0 aromatic heterocycles. The number of hydrogen-bond donors (Lipinski definition) is 4. The highest BCUT2D eigenvalue weighted by Crippen LogP contribution is 2.21. The maximum Gasteiger partial charge on any atom is 0.407 e. The molecule has 134 valence electrons. The molecule has 0 aromatic carbocycles. The Morgan fingerprint density at radius 1 is 1.48 bits per heavy atom. The van der Waals surface area contributed by atoms with Crippen LogP contribution in [0.5, 0.6) is 0 Å². The van der Waals surface area contributed by atoms with Crippen molar-refractivity contribution < 1.29 is 24.5 Å². The summed E-state index contributed by atoms with van der Waals surface area (Å²) in [6.07, 6.45) is 0.879. The van der Waals surface area contributed by atoms with Crippen molar-refractivity contribution in [2.75, 3.05) is 6.61 Å². The lowest BCUT2D eigenvalue weighted by Crippen LogP contribution is -2.46. The van der Waals surface area contributed by atoms with Crippen LogP contribution in [0.25, 0.3) is 0 Å². The van der Waals surface area contributed by atoms with Crippen LogP contribution in [0.4, 0.5) is 4.79 Å². The Bertz CT molecular complexity index is 408. The number of aliphatic hydroxyl groups excluding tert-OH is 2. The van der Waals surface area contributed by atoms with Crippen LogP contribution in [0, 0.1) is 5.92 Å². The number of aliphatic hydroxyl groups is 2. The van der Waals surface area contributed by atoms with Crippen LogP contribution < -0.4 is 10.6 Å². The van der Waals surface area contributed by atoms with Gasteiger partial charge in [-0.1, -0.05) is 6.92 Å². The lowest BCUT2D eigenvalue weighted by molar-refractivity contribution is -0.119. The smallest absolute Gasteiger partial charge is 0.407 e. The highest BCUT2D eigenvalue weighted by molar-refractivity contribution is 5.78. The Morgan fingerprint density at radius 3 is 2.61 bits per heavy atom. The summed E-state index contributed by atoms with van der Waals surface area (Å²) in [7, 11) is 0. The lowest BCUT2D eigenvalue weighted by Gasteiger charge is -2.26. The quantitative estimate of drug-likeness (QED) is 0.555. The summed E-state index contributed by atoms with van der Waals surface area (Å²) in [6, 6.07) is -0.446. The molecule has 1 rings (SSSR count). The van der Waals surface area contributed by atoms with E-state index in [1.54, 1.807) is 20.8 Å². The van der Waals surface area contributed by atoms with E-state index >= 15 is 0 Å². The van der Waals surface area contributed by atoms with Gasteiger partial charge in [-0.15, -0.1) is 0 Å². The maximum absolute atomic E-state index is 11.8. The fraction of sp³-hybridized carbons (Fsp3) is 0.875. The second-order valence-corrected chi connectivity index (χ2v) is 7.29. The predicted molar refractivity (Wildman–Crippen MR) is 85.8 cm³/mol. The van der Waals surface area contributed by atoms with Gasteiger partial charge in [0.1, 0.15) is 5.60 Å². The molecule has 4 atom stereocenters. The zero-order chi connectivity index (χ0) is 17.6. The Balaban J connectivity index is 2.45. The van der Waals surface area contributed by atoms with Gasteiger partial charge in [0.05, 0.1) is 18.8 Å². The van der Waals surface area contributed by atoms with Crippen molar-refractivity contribution in [1.29, 1.82) is 0 Å². The largest absolute Gasteiger partial charge is 0.444 e. The SMILES string of the molecule is CC1CC(=O)NC1CCCC(NC(=O)OC(C)(C)C)C(O)CO.